The number of quaternary nitrogens is 1. The maximum Gasteiger partial charge on any atom is 0.306 e. The molecule has 0 aromatic heterocycles. The van der Waals surface area contributed by atoms with Gasteiger partial charge in [0.25, 0.3) is 0 Å². The summed E-state index contributed by atoms with van der Waals surface area (Å²) in [6.45, 7) is 9.89. The first-order chi connectivity index (χ1) is 26.3. The van der Waals surface area contributed by atoms with Crippen molar-refractivity contribution in [3.8, 4) is 0 Å². The number of hydrogen-bond acceptors (Lipinski definition) is 8. The highest BCUT2D eigenvalue weighted by molar-refractivity contribution is 7.80. The first-order valence-electron chi connectivity index (χ1n) is 22.3. The molecule has 0 aromatic carbocycles. The summed E-state index contributed by atoms with van der Waals surface area (Å²) in [5.41, 5.74) is 0. The van der Waals surface area contributed by atoms with Crippen LogP contribution >= 0.6 is 0 Å². The number of hydrogen-bond donors (Lipinski definition) is 0. The number of likely N-dealkylation sites (N-methyl/N-ethyl adjacent to an activating group) is 1. The third-order valence-corrected chi connectivity index (χ3v) is 10.1. The zero-order valence-corrected chi connectivity index (χ0v) is 37.6. The van der Waals surface area contributed by atoms with Gasteiger partial charge in [0.2, 0.25) is 10.4 Å². The molecular weight excluding hydrogens is 715 g/mol. The molecule has 0 amide bonds. The first-order valence-corrected chi connectivity index (χ1v) is 23.6. The summed E-state index contributed by atoms with van der Waals surface area (Å²) in [5, 5.41) is 0. The summed E-state index contributed by atoms with van der Waals surface area (Å²) in [4.78, 5) is 24.8. The number of rotatable bonds is 37. The van der Waals surface area contributed by atoms with E-state index in [2.05, 4.69) is 56.4 Å². The van der Waals surface area contributed by atoms with Gasteiger partial charge in [-0.25, -0.2) is 8.42 Å². The molecule has 0 spiro atoms. The molecule has 326 valence electrons. The lowest BCUT2D eigenvalue weighted by Crippen LogP contribution is -2.50. The van der Waals surface area contributed by atoms with E-state index in [1.165, 1.54) is 141 Å². The zero-order chi connectivity index (χ0) is 41.5. The van der Waals surface area contributed by atoms with Gasteiger partial charge >= 0.3 is 11.9 Å². The predicted octanol–water partition coefficient (Wildman–Crippen LogP) is 12.1. The summed E-state index contributed by atoms with van der Waals surface area (Å²) >= 11 is 0. The Morgan fingerprint density at radius 2 is 0.782 bits per heavy atom. The van der Waals surface area contributed by atoms with Crippen LogP contribution in [0.3, 0.4) is 0 Å². The number of allylic oxidation sites excluding steroid dienone is 4. The molecule has 0 saturated carbocycles. The van der Waals surface area contributed by atoms with E-state index in [4.69, 9.17) is 9.47 Å². The van der Waals surface area contributed by atoms with E-state index in [1.54, 1.807) is 0 Å². The molecule has 0 bridgehead atoms. The Morgan fingerprint density at radius 3 is 1.05 bits per heavy atom. The van der Waals surface area contributed by atoms with Crippen LogP contribution in [0.2, 0.25) is 0 Å². The predicted molar refractivity (Wildman–Crippen MR) is 229 cm³/mol. The molecule has 0 fully saturated rings. The highest BCUT2D eigenvalue weighted by atomic mass is 32.3. The molecule has 55 heavy (non-hydrogen) atoms. The number of carbonyl (C=O) groups excluding carboxylic acids is 2. The smallest absolute Gasteiger partial charge is 0.306 e. The van der Waals surface area contributed by atoms with Crippen molar-refractivity contribution < 1.29 is 40.7 Å². The molecule has 10 heteroatoms. The Bertz CT molecular complexity index is 979. The molecule has 0 N–H and O–H groups in total. The molecule has 0 rings (SSSR count). The number of unbranched alkanes of at least 4 members (excludes halogenated alkanes) is 22. The molecule has 0 aliphatic heterocycles. The maximum absolute atomic E-state index is 12.4. The van der Waals surface area contributed by atoms with Gasteiger partial charge in [-0.15, -0.1) is 0 Å². The van der Waals surface area contributed by atoms with Crippen LogP contribution in [0.15, 0.2) is 24.3 Å². The average molecular weight is 802 g/mol. The Hall–Kier alpha value is -1.75. The van der Waals surface area contributed by atoms with Crippen molar-refractivity contribution in [3.63, 3.8) is 0 Å². The molecule has 0 aliphatic carbocycles. The topological polar surface area (TPSA) is 119 Å². The van der Waals surface area contributed by atoms with Crippen LogP contribution in [-0.2, 0) is 33.6 Å². The standard InChI is InChI=1S/C44H84NO4.CH4O4S/c1-7-9-11-13-15-17-19-21-23-25-27-29-31-33-35-37-43(46)48-41(3)39-45(5,6)40-42(4)49-44(47)38-36-34-32-30-28-26-24-22-20-18-16-14-12-10-8-2;1-5-6(2,3)4/h21-24,41-42H,7-20,25-40H2,1-6H3;1H3,(H,2,3,4)/q+1;/p-1/b23-21-,24-22-;/t41-,42+;. The lowest BCUT2D eigenvalue weighted by atomic mass is 10.1. The zero-order valence-electron chi connectivity index (χ0n) is 36.8. The van der Waals surface area contributed by atoms with E-state index in [1.807, 2.05) is 13.8 Å². The third kappa shape index (κ3) is 46.5. The number of ether oxygens (including phenoxy) is 2. The van der Waals surface area contributed by atoms with Crippen molar-refractivity contribution in [3.05, 3.63) is 24.3 Å². The summed E-state index contributed by atoms with van der Waals surface area (Å²) in [6.07, 6.45) is 42.6. The molecular formula is C45H87NO8S. The van der Waals surface area contributed by atoms with Gasteiger partial charge in [0.15, 0.2) is 0 Å². The van der Waals surface area contributed by atoms with Crippen LogP contribution in [0.1, 0.15) is 207 Å². The Kier molecular flexibility index (Phi) is 39.3. The monoisotopic (exact) mass is 802 g/mol. The highest BCUT2D eigenvalue weighted by Crippen LogP contribution is 2.14. The van der Waals surface area contributed by atoms with Crippen LogP contribution < -0.4 is 0 Å². The quantitative estimate of drug-likeness (QED) is 0.0152. The fourth-order valence-electron chi connectivity index (χ4n) is 6.79. The fourth-order valence-corrected chi connectivity index (χ4v) is 6.79. The number of carbonyl (C=O) groups is 2. The summed E-state index contributed by atoms with van der Waals surface area (Å²) < 4.78 is 43.1. The van der Waals surface area contributed by atoms with Crippen molar-refractivity contribution in [1.82, 2.24) is 0 Å². The Labute approximate surface area is 340 Å². The SMILES string of the molecule is CCCCCCCC/C=C\CCCCCCCC(=O)O[C@H](C)C[N+](C)(C)C[C@H](C)OC(=O)CCCCCCC/C=C\CCCCCCCC.COS(=O)(=O)[O-]. The largest absolute Gasteiger partial charge is 0.726 e. The third-order valence-electron chi connectivity index (χ3n) is 9.66. The highest BCUT2D eigenvalue weighted by Gasteiger charge is 2.26. The average Bonchev–Trinajstić information content (AvgIpc) is 3.10. The fraction of sp³-hybridized carbons (Fsp3) is 0.867. The first kappa shape index (κ1) is 55.3. The minimum absolute atomic E-state index is 0.0930. The normalized spacial score (nSPS) is 13.2. The molecule has 2 atom stereocenters. The van der Waals surface area contributed by atoms with E-state index in [0.717, 1.165) is 32.8 Å². The van der Waals surface area contributed by atoms with Gasteiger partial charge < -0.3 is 18.5 Å². The van der Waals surface area contributed by atoms with Crippen LogP contribution in [0.4, 0.5) is 0 Å². The molecule has 0 unspecified atom stereocenters. The van der Waals surface area contributed by atoms with Crippen LogP contribution in [0, 0.1) is 0 Å². The van der Waals surface area contributed by atoms with E-state index < -0.39 is 10.4 Å². The van der Waals surface area contributed by atoms with Crippen LogP contribution in [0.5, 0.6) is 0 Å². The summed E-state index contributed by atoms with van der Waals surface area (Å²) in [5.74, 6) is -0.186. The second-order valence-electron chi connectivity index (χ2n) is 16.1. The van der Waals surface area contributed by atoms with E-state index >= 15 is 0 Å². The van der Waals surface area contributed by atoms with E-state index in [-0.39, 0.29) is 24.1 Å². The van der Waals surface area contributed by atoms with Gasteiger partial charge in [-0.1, -0.05) is 141 Å². The second kappa shape index (κ2) is 39.1. The minimum atomic E-state index is -4.41. The van der Waals surface area contributed by atoms with Crippen LogP contribution in [0.25, 0.3) is 0 Å². The summed E-state index contributed by atoms with van der Waals surface area (Å²) in [6, 6.07) is 0. The molecule has 0 radical (unpaired) electrons. The van der Waals surface area contributed by atoms with Crippen molar-refractivity contribution in [2.45, 2.75) is 220 Å². The molecule has 0 saturated heterocycles. The maximum atomic E-state index is 12.4. The minimum Gasteiger partial charge on any atom is -0.726 e. The van der Waals surface area contributed by atoms with E-state index in [9.17, 15) is 22.6 Å². The Morgan fingerprint density at radius 1 is 0.527 bits per heavy atom. The van der Waals surface area contributed by atoms with Gasteiger partial charge in [0, 0.05) is 12.8 Å². The Balaban J connectivity index is 0. The van der Waals surface area contributed by atoms with Crippen molar-refractivity contribution >= 4 is 22.3 Å². The number of esters is 2. The van der Waals surface area contributed by atoms with Crippen molar-refractivity contribution in [2.24, 2.45) is 0 Å². The summed E-state index contributed by atoms with van der Waals surface area (Å²) in [7, 11) is 0.623. The van der Waals surface area contributed by atoms with Gasteiger partial charge in [-0.3, -0.25) is 13.8 Å². The molecule has 9 nitrogen and oxygen atoms in total. The van der Waals surface area contributed by atoms with Crippen LogP contribution in [-0.4, -0.2) is 75.9 Å². The number of nitrogens with zero attached hydrogens (tertiary/aromatic N) is 1. The molecule has 0 aliphatic rings. The van der Waals surface area contributed by atoms with Gasteiger partial charge in [-0.05, 0) is 78.1 Å². The molecule has 0 heterocycles. The van der Waals surface area contributed by atoms with Gasteiger partial charge in [0.05, 0.1) is 21.2 Å². The van der Waals surface area contributed by atoms with E-state index in [0.29, 0.717) is 30.4 Å². The second-order valence-corrected chi connectivity index (χ2v) is 17.3. The lowest BCUT2D eigenvalue weighted by Gasteiger charge is -2.34. The van der Waals surface area contributed by atoms with Crippen molar-refractivity contribution in [1.29, 1.82) is 0 Å². The lowest BCUT2D eigenvalue weighted by molar-refractivity contribution is -0.895. The molecule has 0 aromatic rings. The van der Waals surface area contributed by atoms with Crippen molar-refractivity contribution in [2.75, 3.05) is 34.3 Å². The van der Waals surface area contributed by atoms with Gasteiger partial charge in [0.1, 0.15) is 25.3 Å². The van der Waals surface area contributed by atoms with Gasteiger partial charge in [-0.2, -0.15) is 0 Å².